The van der Waals surface area contributed by atoms with Crippen molar-refractivity contribution in [3.63, 3.8) is 0 Å². The molecule has 0 radical (unpaired) electrons. The van der Waals surface area contributed by atoms with Gasteiger partial charge in [0.1, 0.15) is 0 Å². The van der Waals surface area contributed by atoms with Crippen LogP contribution in [0.15, 0.2) is 49.1 Å². The van der Waals surface area contributed by atoms with E-state index in [1.807, 2.05) is 36.4 Å². The minimum atomic E-state index is -0.391. The summed E-state index contributed by atoms with van der Waals surface area (Å²) in [5.41, 5.74) is 5.85. The van der Waals surface area contributed by atoms with Crippen molar-refractivity contribution in [3.8, 4) is 0 Å². The lowest BCUT2D eigenvalue weighted by Gasteiger charge is -1.85. The number of hydrogen-bond donors (Lipinski definition) is 1. The number of primary amides is 1. The predicted octanol–water partition coefficient (Wildman–Crippen LogP) is 2.38. The van der Waals surface area contributed by atoms with Gasteiger partial charge in [-0.3, -0.25) is 4.79 Å². The van der Waals surface area contributed by atoms with E-state index in [4.69, 9.17) is 0 Å². The summed E-state index contributed by atoms with van der Waals surface area (Å²) < 4.78 is 0. The van der Waals surface area contributed by atoms with Crippen LogP contribution in [0.5, 0.6) is 0 Å². The third-order valence-electron chi connectivity index (χ3n) is 1.37. The molecule has 0 aliphatic rings. The van der Waals surface area contributed by atoms with Gasteiger partial charge in [-0.25, -0.2) is 0 Å². The van der Waals surface area contributed by atoms with Crippen molar-refractivity contribution < 1.29 is 4.79 Å². The Morgan fingerprint density at radius 1 is 1.36 bits per heavy atom. The van der Waals surface area contributed by atoms with Crippen LogP contribution in [0.1, 0.15) is 12.5 Å². The molecule has 0 aromatic heterocycles. The first-order valence-corrected chi connectivity index (χ1v) is 4.30. The molecule has 1 amide bonds. The monoisotopic (exact) mass is 189 g/mol. The lowest BCUT2D eigenvalue weighted by atomic mass is 10.2. The van der Waals surface area contributed by atoms with Gasteiger partial charge in [0.2, 0.25) is 5.91 Å². The van der Waals surface area contributed by atoms with Crippen LogP contribution in [0.3, 0.4) is 0 Å². The van der Waals surface area contributed by atoms with E-state index >= 15 is 0 Å². The smallest absolute Gasteiger partial charge is 0.241 e. The highest BCUT2D eigenvalue weighted by Crippen LogP contribution is 1.97. The molecule has 0 aliphatic heterocycles. The van der Waals surface area contributed by atoms with Gasteiger partial charge in [-0.05, 0) is 18.6 Å². The van der Waals surface area contributed by atoms with Gasteiger partial charge >= 0.3 is 0 Å². The normalized spacial score (nSPS) is 8.93. The fraction of sp³-hybridized carbons (Fsp3) is 0.0833. The Balaban J connectivity index is 0.000000255. The highest BCUT2D eigenvalue weighted by molar-refractivity contribution is 5.85. The Hall–Kier alpha value is -1.83. The standard InChI is InChI=1S/C8H8.C4H7NO/c1-2-8-6-4-3-5-7-8;1-2-3-4(5)6/h2-7H,1H2;2-3H,1H3,(H2,5,6). The number of allylic oxidation sites excluding steroid dienone is 1. The average Bonchev–Trinajstić information content (AvgIpc) is 2.20. The van der Waals surface area contributed by atoms with Crippen LogP contribution in [-0.4, -0.2) is 5.91 Å². The molecule has 1 aromatic rings. The highest BCUT2D eigenvalue weighted by atomic mass is 16.1. The maximum absolute atomic E-state index is 9.73. The van der Waals surface area contributed by atoms with Crippen LogP contribution in [-0.2, 0) is 4.79 Å². The first kappa shape index (κ1) is 12.2. The number of carbonyl (C=O) groups is 1. The van der Waals surface area contributed by atoms with E-state index in [1.165, 1.54) is 11.6 Å². The lowest BCUT2D eigenvalue weighted by Crippen LogP contribution is -2.04. The summed E-state index contributed by atoms with van der Waals surface area (Å²) >= 11 is 0. The fourth-order valence-corrected chi connectivity index (χ4v) is 0.753. The van der Waals surface area contributed by atoms with E-state index in [0.717, 1.165) is 0 Å². The molecule has 0 fully saturated rings. The molecular weight excluding hydrogens is 174 g/mol. The molecule has 0 atom stereocenters. The van der Waals surface area contributed by atoms with Crippen LogP contribution in [0, 0.1) is 0 Å². The number of rotatable bonds is 2. The molecule has 0 bridgehead atoms. The van der Waals surface area contributed by atoms with Crippen molar-refractivity contribution >= 4 is 12.0 Å². The second kappa shape index (κ2) is 7.80. The molecule has 0 saturated carbocycles. The van der Waals surface area contributed by atoms with Crippen LogP contribution in [0.25, 0.3) is 6.08 Å². The first-order valence-electron chi connectivity index (χ1n) is 4.30. The summed E-state index contributed by atoms with van der Waals surface area (Å²) in [4.78, 5) is 9.73. The molecule has 1 aromatic carbocycles. The maximum atomic E-state index is 9.73. The molecule has 2 N–H and O–H groups in total. The zero-order valence-corrected chi connectivity index (χ0v) is 8.31. The van der Waals surface area contributed by atoms with E-state index in [2.05, 4.69) is 12.3 Å². The van der Waals surface area contributed by atoms with Gasteiger partial charge in [0.15, 0.2) is 0 Å². The van der Waals surface area contributed by atoms with Gasteiger partial charge in [0, 0.05) is 0 Å². The van der Waals surface area contributed by atoms with Gasteiger partial charge in [-0.2, -0.15) is 0 Å². The van der Waals surface area contributed by atoms with E-state index in [9.17, 15) is 4.79 Å². The van der Waals surface area contributed by atoms with Crippen molar-refractivity contribution in [2.24, 2.45) is 5.73 Å². The fourth-order valence-electron chi connectivity index (χ4n) is 0.753. The van der Waals surface area contributed by atoms with Crippen molar-refractivity contribution in [2.75, 3.05) is 0 Å². The largest absolute Gasteiger partial charge is 0.366 e. The average molecular weight is 189 g/mol. The summed E-state index contributed by atoms with van der Waals surface area (Å²) in [6, 6.07) is 10.0. The van der Waals surface area contributed by atoms with Gasteiger partial charge in [0.25, 0.3) is 0 Å². The molecule has 0 unspecified atom stereocenters. The van der Waals surface area contributed by atoms with Gasteiger partial charge in [-0.15, -0.1) is 0 Å². The van der Waals surface area contributed by atoms with Crippen molar-refractivity contribution in [1.29, 1.82) is 0 Å². The summed E-state index contributed by atoms with van der Waals surface area (Å²) in [6.45, 7) is 5.37. The van der Waals surface area contributed by atoms with Crippen LogP contribution in [0.4, 0.5) is 0 Å². The summed E-state index contributed by atoms with van der Waals surface area (Å²) in [6.07, 6.45) is 4.74. The Labute approximate surface area is 84.7 Å². The summed E-state index contributed by atoms with van der Waals surface area (Å²) in [5, 5.41) is 0. The van der Waals surface area contributed by atoms with E-state index in [0.29, 0.717) is 0 Å². The molecule has 14 heavy (non-hydrogen) atoms. The minimum absolute atomic E-state index is 0.391. The molecule has 0 aliphatic carbocycles. The first-order chi connectivity index (χ1) is 6.70. The Morgan fingerprint density at radius 3 is 2.14 bits per heavy atom. The molecular formula is C12H15NO. The molecule has 2 heteroatoms. The van der Waals surface area contributed by atoms with Crippen molar-refractivity contribution in [3.05, 3.63) is 54.6 Å². The highest BCUT2D eigenvalue weighted by Gasteiger charge is 1.75. The number of nitrogens with two attached hydrogens (primary N) is 1. The lowest BCUT2D eigenvalue weighted by molar-refractivity contribution is -0.113. The third kappa shape index (κ3) is 6.85. The third-order valence-corrected chi connectivity index (χ3v) is 1.37. The van der Waals surface area contributed by atoms with Gasteiger partial charge in [0.05, 0.1) is 0 Å². The molecule has 1 rings (SSSR count). The zero-order chi connectivity index (χ0) is 10.8. The summed E-state index contributed by atoms with van der Waals surface area (Å²) in [7, 11) is 0. The molecule has 0 spiro atoms. The quantitative estimate of drug-likeness (QED) is 0.713. The van der Waals surface area contributed by atoms with Gasteiger partial charge in [-0.1, -0.05) is 49.1 Å². The Kier molecular flexibility index (Phi) is 6.78. The van der Waals surface area contributed by atoms with E-state index in [-0.39, 0.29) is 0 Å². The van der Waals surface area contributed by atoms with Crippen molar-refractivity contribution in [2.45, 2.75) is 6.92 Å². The Bertz CT molecular complexity index is 301. The topological polar surface area (TPSA) is 43.1 Å². The number of amides is 1. The second-order valence-corrected chi connectivity index (χ2v) is 2.52. The molecule has 2 nitrogen and oxygen atoms in total. The van der Waals surface area contributed by atoms with Crippen LogP contribution >= 0.6 is 0 Å². The molecule has 0 heterocycles. The van der Waals surface area contributed by atoms with E-state index < -0.39 is 5.91 Å². The minimum Gasteiger partial charge on any atom is -0.366 e. The van der Waals surface area contributed by atoms with E-state index in [1.54, 1.807) is 13.0 Å². The zero-order valence-electron chi connectivity index (χ0n) is 8.31. The predicted molar refractivity (Wildman–Crippen MR) is 60.5 cm³/mol. The SMILES string of the molecule is C=Cc1ccccc1.CC=CC(N)=O. The summed E-state index contributed by atoms with van der Waals surface area (Å²) in [5.74, 6) is -0.391. The number of carbonyl (C=O) groups excluding carboxylic acids is 1. The number of benzene rings is 1. The number of hydrogen-bond acceptors (Lipinski definition) is 1. The molecule has 74 valence electrons. The maximum Gasteiger partial charge on any atom is 0.241 e. The van der Waals surface area contributed by atoms with Crippen molar-refractivity contribution in [1.82, 2.24) is 0 Å². The van der Waals surface area contributed by atoms with Crippen LogP contribution in [0.2, 0.25) is 0 Å². The Morgan fingerprint density at radius 2 is 1.93 bits per heavy atom. The van der Waals surface area contributed by atoms with Gasteiger partial charge < -0.3 is 5.73 Å². The van der Waals surface area contributed by atoms with Crippen LogP contribution < -0.4 is 5.73 Å². The molecule has 0 saturated heterocycles. The second-order valence-electron chi connectivity index (χ2n) is 2.52.